The Labute approximate surface area is 190 Å². The van der Waals surface area contributed by atoms with Crippen molar-refractivity contribution in [3.05, 3.63) is 57.0 Å². The molecule has 2 aromatic carbocycles. The van der Waals surface area contributed by atoms with Crippen molar-refractivity contribution in [3.8, 4) is 5.75 Å². The number of aliphatic imine (C=N–C) groups is 1. The maximum Gasteiger partial charge on any atom is 0.312 e. The highest BCUT2D eigenvalue weighted by atomic mass is 79.9. The van der Waals surface area contributed by atoms with Gasteiger partial charge in [-0.1, -0.05) is 33.6 Å². The smallest absolute Gasteiger partial charge is 0.312 e. The van der Waals surface area contributed by atoms with Gasteiger partial charge in [0.1, 0.15) is 18.0 Å². The lowest BCUT2D eigenvalue weighted by atomic mass is 9.98. The van der Waals surface area contributed by atoms with E-state index in [0.717, 1.165) is 0 Å². The van der Waals surface area contributed by atoms with E-state index in [2.05, 4.69) is 37.0 Å². The molecule has 0 heterocycles. The minimum absolute atomic E-state index is 0.0250. The number of halogens is 2. The summed E-state index contributed by atoms with van der Waals surface area (Å²) in [5.74, 6) is 1.08. The molecule has 2 aromatic rings. The standard InChI is InChI=1S/C19H19BrClN5O5/c20-11-5-13(17(28)15(21)6-11)14(19(30)31)7-23-16(27)8-24-18(29)10-2-1-3-12(4-10)25-9-26-22/h1-6,9,14,28H,7-8,22H2,(H,23,27)(H,24,29)(H,25,26)(H,30,31). The number of phenols is 1. The third-order valence-corrected chi connectivity index (χ3v) is 4.79. The molecule has 10 nitrogen and oxygen atoms in total. The molecule has 12 heteroatoms. The van der Waals surface area contributed by atoms with Crippen LogP contribution in [0.3, 0.4) is 0 Å². The summed E-state index contributed by atoms with van der Waals surface area (Å²) >= 11 is 9.07. The van der Waals surface area contributed by atoms with E-state index in [-0.39, 0.29) is 35.0 Å². The second-order valence-electron chi connectivity index (χ2n) is 6.18. The van der Waals surface area contributed by atoms with E-state index in [9.17, 15) is 24.6 Å². The average Bonchev–Trinajstić information content (AvgIpc) is 2.73. The van der Waals surface area contributed by atoms with Gasteiger partial charge < -0.3 is 26.3 Å². The Hall–Kier alpha value is -3.15. The van der Waals surface area contributed by atoms with Gasteiger partial charge in [0, 0.05) is 22.1 Å². The van der Waals surface area contributed by atoms with Crippen LogP contribution in [0.4, 0.5) is 5.69 Å². The number of benzene rings is 2. The minimum atomic E-state index is -1.27. The van der Waals surface area contributed by atoms with Crippen molar-refractivity contribution >= 4 is 57.3 Å². The zero-order valence-electron chi connectivity index (χ0n) is 15.9. The van der Waals surface area contributed by atoms with Gasteiger partial charge in [-0.25, -0.2) is 10.8 Å². The van der Waals surface area contributed by atoms with E-state index in [1.807, 2.05) is 0 Å². The zero-order chi connectivity index (χ0) is 23.0. The number of carboxylic acids is 1. The monoisotopic (exact) mass is 511 g/mol. The summed E-state index contributed by atoms with van der Waals surface area (Å²) in [6.45, 7) is -0.699. The molecule has 0 aliphatic rings. The second kappa shape index (κ2) is 11.3. The number of aromatic hydroxyl groups is 1. The van der Waals surface area contributed by atoms with E-state index in [0.29, 0.717) is 10.2 Å². The Morgan fingerprint density at radius 3 is 2.65 bits per heavy atom. The number of hydrogen-bond acceptors (Lipinski definition) is 6. The van der Waals surface area contributed by atoms with Gasteiger partial charge in [0.15, 0.2) is 0 Å². The van der Waals surface area contributed by atoms with Crippen LogP contribution in [0.25, 0.3) is 0 Å². The fourth-order valence-electron chi connectivity index (χ4n) is 2.56. The normalized spacial score (nSPS) is 11.7. The molecule has 0 saturated carbocycles. The van der Waals surface area contributed by atoms with Crippen molar-refractivity contribution in [2.75, 3.05) is 13.1 Å². The number of nitrogens with zero attached hydrogens (tertiary/aromatic N) is 1. The lowest BCUT2D eigenvalue weighted by molar-refractivity contribution is -0.138. The molecule has 0 radical (unpaired) electrons. The summed E-state index contributed by atoms with van der Waals surface area (Å²) in [7, 11) is 0. The summed E-state index contributed by atoms with van der Waals surface area (Å²) in [4.78, 5) is 39.9. The van der Waals surface area contributed by atoms with Crippen molar-refractivity contribution in [1.82, 2.24) is 16.1 Å². The van der Waals surface area contributed by atoms with Crippen LogP contribution in [0, 0.1) is 0 Å². The van der Waals surface area contributed by atoms with Crippen molar-refractivity contribution in [1.29, 1.82) is 0 Å². The summed E-state index contributed by atoms with van der Waals surface area (Å²) in [6, 6.07) is 9.14. The first kappa shape index (κ1) is 24.1. The molecule has 0 bridgehead atoms. The number of hydrogen-bond donors (Lipinski definition) is 6. The Kier molecular flexibility index (Phi) is 8.79. The van der Waals surface area contributed by atoms with Crippen molar-refractivity contribution in [3.63, 3.8) is 0 Å². The predicted octanol–water partition coefficient (Wildman–Crippen LogP) is 1.65. The molecule has 7 N–H and O–H groups in total. The van der Waals surface area contributed by atoms with Gasteiger partial charge in [0.2, 0.25) is 5.91 Å². The largest absolute Gasteiger partial charge is 0.506 e. The second-order valence-corrected chi connectivity index (χ2v) is 7.50. The van der Waals surface area contributed by atoms with E-state index in [1.54, 1.807) is 18.2 Å². The van der Waals surface area contributed by atoms with Crippen LogP contribution in [0.2, 0.25) is 5.02 Å². The van der Waals surface area contributed by atoms with Crippen molar-refractivity contribution in [2.45, 2.75) is 5.92 Å². The van der Waals surface area contributed by atoms with Gasteiger partial charge in [-0.2, -0.15) is 0 Å². The van der Waals surface area contributed by atoms with Crippen LogP contribution in [0.5, 0.6) is 5.75 Å². The molecule has 0 fully saturated rings. The molecular weight excluding hydrogens is 494 g/mol. The maximum absolute atomic E-state index is 12.2. The molecule has 2 amide bonds. The molecule has 0 aliphatic heterocycles. The fraction of sp³-hybridized carbons (Fsp3) is 0.158. The molecule has 31 heavy (non-hydrogen) atoms. The number of phenolic OH excluding ortho intramolecular Hbond substituents is 1. The topological polar surface area (TPSA) is 166 Å². The number of nitrogens with two attached hydrogens (primary N) is 1. The summed E-state index contributed by atoms with van der Waals surface area (Å²) in [5, 5.41) is 24.4. The average molecular weight is 513 g/mol. The maximum atomic E-state index is 12.2. The summed E-state index contributed by atoms with van der Waals surface area (Å²) < 4.78 is 0.476. The van der Waals surface area contributed by atoms with Gasteiger partial charge in [0.05, 0.1) is 17.3 Å². The number of carbonyl (C=O) groups is 3. The van der Waals surface area contributed by atoms with Gasteiger partial charge >= 0.3 is 5.97 Å². The summed E-state index contributed by atoms with van der Waals surface area (Å²) in [6.07, 6.45) is 1.25. The number of carbonyl (C=O) groups excluding carboxylic acids is 2. The van der Waals surface area contributed by atoms with Crippen LogP contribution < -0.4 is 21.9 Å². The van der Waals surface area contributed by atoms with Crippen LogP contribution in [-0.2, 0) is 9.59 Å². The van der Waals surface area contributed by atoms with E-state index in [1.165, 1.54) is 24.5 Å². The molecule has 0 spiro atoms. The van der Waals surface area contributed by atoms with Gasteiger partial charge in [0.25, 0.3) is 5.91 Å². The van der Waals surface area contributed by atoms with E-state index in [4.69, 9.17) is 17.4 Å². The SMILES string of the molecule is NNC=Nc1cccc(C(=O)NCC(=O)NCC(C(=O)O)c2cc(Br)cc(Cl)c2O)c1. The minimum Gasteiger partial charge on any atom is -0.506 e. The fourth-order valence-corrected chi connectivity index (χ4v) is 3.40. The van der Waals surface area contributed by atoms with E-state index < -0.39 is 23.7 Å². The first-order chi connectivity index (χ1) is 14.7. The van der Waals surface area contributed by atoms with Crippen LogP contribution in [0.15, 0.2) is 45.9 Å². The Morgan fingerprint density at radius 2 is 1.97 bits per heavy atom. The first-order valence-corrected chi connectivity index (χ1v) is 9.94. The molecule has 1 atom stereocenters. The van der Waals surface area contributed by atoms with E-state index >= 15 is 0 Å². The Morgan fingerprint density at radius 1 is 1.23 bits per heavy atom. The van der Waals surface area contributed by atoms with Crippen molar-refractivity contribution in [2.24, 2.45) is 10.8 Å². The molecule has 1 unspecified atom stereocenters. The van der Waals surface area contributed by atoms with Gasteiger partial charge in [-0.3, -0.25) is 14.4 Å². The molecular formula is C19H19BrClN5O5. The van der Waals surface area contributed by atoms with Crippen molar-refractivity contribution < 1.29 is 24.6 Å². The van der Waals surface area contributed by atoms with Crippen LogP contribution in [-0.4, -0.2) is 47.4 Å². The summed E-state index contributed by atoms with van der Waals surface area (Å²) in [5.41, 5.74) is 3.04. The number of hydrazine groups is 1. The molecule has 164 valence electrons. The molecule has 0 aliphatic carbocycles. The quantitative estimate of drug-likeness (QED) is 0.129. The highest BCUT2D eigenvalue weighted by Gasteiger charge is 2.25. The van der Waals surface area contributed by atoms with Gasteiger partial charge in [-0.05, 0) is 30.3 Å². The number of nitrogens with one attached hydrogen (secondary N) is 3. The number of amides is 2. The van der Waals surface area contributed by atoms with Gasteiger partial charge in [-0.15, -0.1) is 0 Å². The number of rotatable bonds is 9. The third-order valence-electron chi connectivity index (χ3n) is 4.04. The van der Waals surface area contributed by atoms with Crippen LogP contribution >= 0.6 is 27.5 Å². The van der Waals surface area contributed by atoms with Crippen LogP contribution in [0.1, 0.15) is 21.8 Å². The Bertz CT molecular complexity index is 1020. The Balaban J connectivity index is 1.97. The lowest BCUT2D eigenvalue weighted by Gasteiger charge is -2.16. The number of carboxylic acid groups (broad SMARTS) is 1. The molecule has 0 aromatic heterocycles. The molecule has 2 rings (SSSR count). The number of aliphatic carboxylic acids is 1. The zero-order valence-corrected chi connectivity index (χ0v) is 18.3. The lowest BCUT2D eigenvalue weighted by Crippen LogP contribution is -2.39. The predicted molar refractivity (Wildman–Crippen MR) is 118 cm³/mol. The molecule has 0 saturated heterocycles. The third kappa shape index (κ3) is 6.95. The highest BCUT2D eigenvalue weighted by molar-refractivity contribution is 9.10. The highest BCUT2D eigenvalue weighted by Crippen LogP contribution is 2.35. The first-order valence-electron chi connectivity index (χ1n) is 8.77.